The summed E-state index contributed by atoms with van der Waals surface area (Å²) in [6, 6.07) is 22.2. The lowest BCUT2D eigenvalue weighted by atomic mass is 9.98. The summed E-state index contributed by atoms with van der Waals surface area (Å²) >= 11 is 0. The zero-order chi connectivity index (χ0) is 21.8. The maximum Gasteiger partial charge on any atom is 0.407 e. The number of aliphatic carboxylic acids is 1. The van der Waals surface area contributed by atoms with Gasteiger partial charge in [0.1, 0.15) is 12.4 Å². The van der Waals surface area contributed by atoms with Crippen LogP contribution in [0.25, 0.3) is 11.1 Å². The molecule has 1 amide bonds. The lowest BCUT2D eigenvalue weighted by molar-refractivity contribution is -0.306. The molecule has 158 valence electrons. The highest BCUT2D eigenvalue weighted by atomic mass is 16.5. The maximum absolute atomic E-state index is 12.5. The van der Waals surface area contributed by atoms with Crippen molar-refractivity contribution in [3.63, 3.8) is 0 Å². The SMILES string of the molecule is COc1ccc([C@@H](CC(=O)[O-])NC(=O)OCC2c3ccccc3-c3ccccc32)cc1. The molecular weight excluding hydrogens is 394 g/mol. The third-order valence-corrected chi connectivity index (χ3v) is 5.52. The number of hydrogen-bond acceptors (Lipinski definition) is 5. The Bertz CT molecular complexity index is 1050. The Morgan fingerprint density at radius 2 is 1.52 bits per heavy atom. The van der Waals surface area contributed by atoms with Crippen LogP contribution in [0.2, 0.25) is 0 Å². The fraction of sp³-hybridized carbons (Fsp3) is 0.200. The molecule has 0 saturated carbocycles. The van der Waals surface area contributed by atoms with Crippen molar-refractivity contribution in [3.8, 4) is 16.9 Å². The van der Waals surface area contributed by atoms with Crippen molar-refractivity contribution in [2.75, 3.05) is 13.7 Å². The van der Waals surface area contributed by atoms with E-state index in [1.807, 2.05) is 36.4 Å². The Morgan fingerprint density at radius 1 is 0.935 bits per heavy atom. The molecule has 1 aliphatic rings. The van der Waals surface area contributed by atoms with Gasteiger partial charge < -0.3 is 24.7 Å². The third-order valence-electron chi connectivity index (χ3n) is 5.52. The third kappa shape index (κ3) is 4.38. The number of carbonyl (C=O) groups is 2. The summed E-state index contributed by atoms with van der Waals surface area (Å²) in [5.41, 5.74) is 5.12. The number of nitrogens with one attached hydrogen (secondary N) is 1. The van der Waals surface area contributed by atoms with Crippen LogP contribution in [-0.2, 0) is 9.53 Å². The zero-order valence-corrected chi connectivity index (χ0v) is 17.0. The fourth-order valence-electron chi connectivity index (χ4n) is 4.04. The van der Waals surface area contributed by atoms with Crippen LogP contribution >= 0.6 is 0 Å². The first-order valence-electron chi connectivity index (χ1n) is 10.0. The van der Waals surface area contributed by atoms with Crippen molar-refractivity contribution in [2.24, 2.45) is 0 Å². The van der Waals surface area contributed by atoms with Crippen molar-refractivity contribution in [1.82, 2.24) is 5.32 Å². The molecule has 0 saturated heterocycles. The summed E-state index contributed by atoms with van der Waals surface area (Å²) in [4.78, 5) is 23.7. The van der Waals surface area contributed by atoms with Crippen LogP contribution in [0.15, 0.2) is 72.8 Å². The quantitative estimate of drug-likeness (QED) is 0.638. The number of carboxylic acid groups (broad SMARTS) is 1. The number of carboxylic acids is 1. The minimum atomic E-state index is -1.26. The van der Waals surface area contributed by atoms with Gasteiger partial charge in [-0.25, -0.2) is 4.79 Å². The summed E-state index contributed by atoms with van der Waals surface area (Å²) in [6.45, 7) is 0.153. The van der Waals surface area contributed by atoms with E-state index in [2.05, 4.69) is 17.4 Å². The molecular formula is C25H22NO5-. The van der Waals surface area contributed by atoms with Gasteiger partial charge in [0.15, 0.2) is 0 Å². The van der Waals surface area contributed by atoms with Crippen LogP contribution in [0.4, 0.5) is 4.79 Å². The first-order chi connectivity index (χ1) is 15.1. The molecule has 0 bridgehead atoms. The number of carbonyl (C=O) groups excluding carboxylic acids is 2. The fourth-order valence-corrected chi connectivity index (χ4v) is 4.04. The number of benzene rings is 3. The van der Waals surface area contributed by atoms with Crippen LogP contribution in [0.1, 0.15) is 35.1 Å². The standard InChI is InChI=1S/C25H23NO5/c1-30-17-12-10-16(11-13-17)23(14-24(27)28)26-25(29)31-15-22-20-8-4-2-6-18(20)19-7-3-5-9-21(19)22/h2-13,22-23H,14-15H2,1H3,(H,26,29)(H,27,28)/p-1/t23-/m1/s1. The minimum absolute atomic E-state index is 0.0706. The van der Waals surface area contributed by atoms with E-state index in [1.54, 1.807) is 31.4 Å². The van der Waals surface area contributed by atoms with Gasteiger partial charge >= 0.3 is 6.09 Å². The van der Waals surface area contributed by atoms with Crippen molar-refractivity contribution in [3.05, 3.63) is 89.5 Å². The van der Waals surface area contributed by atoms with Crippen molar-refractivity contribution in [2.45, 2.75) is 18.4 Å². The van der Waals surface area contributed by atoms with Gasteiger partial charge in [0.05, 0.1) is 13.2 Å². The molecule has 0 aromatic heterocycles. The first-order valence-corrected chi connectivity index (χ1v) is 10.0. The number of rotatable bonds is 7. The smallest absolute Gasteiger partial charge is 0.407 e. The number of alkyl carbamates (subject to hydrolysis) is 1. The molecule has 0 fully saturated rings. The Kier molecular flexibility index (Phi) is 5.89. The molecule has 31 heavy (non-hydrogen) atoms. The van der Waals surface area contributed by atoms with Crippen LogP contribution in [-0.4, -0.2) is 25.8 Å². The van der Waals surface area contributed by atoms with Gasteiger partial charge in [-0.05, 0) is 39.9 Å². The van der Waals surface area contributed by atoms with Gasteiger partial charge in [-0.1, -0.05) is 60.7 Å². The molecule has 6 heteroatoms. The molecule has 0 heterocycles. The lowest BCUT2D eigenvalue weighted by Gasteiger charge is -2.21. The second kappa shape index (κ2) is 8.92. The molecule has 3 aromatic carbocycles. The van der Waals surface area contributed by atoms with Crippen LogP contribution in [0.5, 0.6) is 5.75 Å². The van der Waals surface area contributed by atoms with Gasteiger partial charge in [0, 0.05) is 18.3 Å². The van der Waals surface area contributed by atoms with Crippen LogP contribution in [0, 0.1) is 0 Å². The molecule has 0 aliphatic heterocycles. The molecule has 4 rings (SSSR count). The maximum atomic E-state index is 12.5. The van der Waals surface area contributed by atoms with Gasteiger partial charge in [-0.2, -0.15) is 0 Å². The molecule has 0 spiro atoms. The number of ether oxygens (including phenoxy) is 2. The van der Waals surface area contributed by atoms with E-state index in [1.165, 1.54) is 0 Å². The van der Waals surface area contributed by atoms with E-state index >= 15 is 0 Å². The highest BCUT2D eigenvalue weighted by Crippen LogP contribution is 2.44. The highest BCUT2D eigenvalue weighted by Gasteiger charge is 2.29. The predicted octanol–water partition coefficient (Wildman–Crippen LogP) is 3.42. The Morgan fingerprint density at radius 3 is 2.06 bits per heavy atom. The van der Waals surface area contributed by atoms with Crippen LogP contribution < -0.4 is 15.2 Å². The lowest BCUT2D eigenvalue weighted by Crippen LogP contribution is -2.35. The Labute approximate surface area is 180 Å². The zero-order valence-electron chi connectivity index (χ0n) is 17.0. The average Bonchev–Trinajstić information content (AvgIpc) is 3.11. The summed E-state index contributed by atoms with van der Waals surface area (Å²) in [7, 11) is 1.54. The number of amides is 1. The monoisotopic (exact) mass is 416 g/mol. The Hall–Kier alpha value is -3.80. The van der Waals surface area contributed by atoms with E-state index < -0.39 is 18.1 Å². The van der Waals surface area contributed by atoms with Crippen molar-refractivity contribution >= 4 is 12.1 Å². The number of methoxy groups -OCH3 is 1. The predicted molar refractivity (Wildman–Crippen MR) is 114 cm³/mol. The molecule has 0 unspecified atom stereocenters. The van der Waals surface area contributed by atoms with Gasteiger partial charge in [0.25, 0.3) is 0 Å². The first kappa shape index (κ1) is 20.5. The van der Waals surface area contributed by atoms with E-state index in [4.69, 9.17) is 9.47 Å². The van der Waals surface area contributed by atoms with Gasteiger partial charge in [-0.3, -0.25) is 0 Å². The molecule has 0 radical (unpaired) electrons. The van der Waals surface area contributed by atoms with E-state index in [9.17, 15) is 14.7 Å². The second-order valence-electron chi connectivity index (χ2n) is 7.37. The number of fused-ring (bicyclic) bond motifs is 3. The summed E-state index contributed by atoms with van der Waals surface area (Å²) in [5, 5.41) is 13.9. The summed E-state index contributed by atoms with van der Waals surface area (Å²) in [6.07, 6.45) is -1.04. The topological polar surface area (TPSA) is 87.7 Å². The van der Waals surface area contributed by atoms with E-state index in [-0.39, 0.29) is 18.9 Å². The molecule has 6 nitrogen and oxygen atoms in total. The normalized spacial score (nSPS) is 13.1. The molecule has 1 N–H and O–H groups in total. The summed E-state index contributed by atoms with van der Waals surface area (Å²) in [5.74, 6) is -0.699. The molecule has 3 aromatic rings. The van der Waals surface area contributed by atoms with Crippen LogP contribution in [0.3, 0.4) is 0 Å². The van der Waals surface area contributed by atoms with Crippen molar-refractivity contribution < 1.29 is 24.2 Å². The number of hydrogen-bond donors (Lipinski definition) is 1. The molecule has 1 atom stereocenters. The van der Waals surface area contributed by atoms with Crippen molar-refractivity contribution in [1.29, 1.82) is 0 Å². The van der Waals surface area contributed by atoms with E-state index in [0.29, 0.717) is 11.3 Å². The van der Waals surface area contributed by atoms with E-state index in [0.717, 1.165) is 22.3 Å². The average molecular weight is 416 g/mol. The molecule has 1 aliphatic carbocycles. The minimum Gasteiger partial charge on any atom is -0.550 e. The summed E-state index contributed by atoms with van der Waals surface area (Å²) < 4.78 is 10.7. The van der Waals surface area contributed by atoms with Gasteiger partial charge in [0.2, 0.25) is 0 Å². The second-order valence-corrected chi connectivity index (χ2v) is 7.37. The van der Waals surface area contributed by atoms with Gasteiger partial charge in [-0.15, -0.1) is 0 Å². The highest BCUT2D eigenvalue weighted by molar-refractivity contribution is 5.79. The Balaban J connectivity index is 1.47. The largest absolute Gasteiger partial charge is 0.550 e.